The molecule has 1 fully saturated rings. The second kappa shape index (κ2) is 8.55. The summed E-state index contributed by atoms with van der Waals surface area (Å²) in [5.41, 5.74) is 0.906. The third-order valence-corrected chi connectivity index (χ3v) is 5.06. The Morgan fingerprint density at radius 3 is 2.00 bits per heavy atom. The lowest BCUT2D eigenvalue weighted by molar-refractivity contribution is -0.140. The first kappa shape index (κ1) is 20.1. The van der Waals surface area contributed by atoms with Crippen LogP contribution in [0.25, 0.3) is 0 Å². The van der Waals surface area contributed by atoms with E-state index in [-0.39, 0.29) is 17.5 Å². The maximum atomic E-state index is 13.0. The molecule has 1 aliphatic heterocycles. The van der Waals surface area contributed by atoms with Gasteiger partial charge in [0.1, 0.15) is 11.6 Å². The maximum Gasteiger partial charge on any atom is 0.263 e. The van der Waals surface area contributed by atoms with Gasteiger partial charge < -0.3 is 9.64 Å². The molecule has 2 aromatic rings. The lowest BCUT2D eigenvalue weighted by Gasteiger charge is -2.36. The highest BCUT2D eigenvalue weighted by Crippen LogP contribution is 2.23. The fourth-order valence-corrected chi connectivity index (χ4v) is 3.81. The molecule has 0 radical (unpaired) electrons. The van der Waals surface area contributed by atoms with E-state index in [0.29, 0.717) is 28.7 Å². The Kier molecular flexibility index (Phi) is 6.12. The van der Waals surface area contributed by atoms with Gasteiger partial charge in [-0.1, -0.05) is 13.8 Å². The number of carbonyl (C=O) groups is 2. The molecule has 1 amide bonds. The van der Waals surface area contributed by atoms with Crippen molar-refractivity contribution in [3.63, 3.8) is 0 Å². The van der Waals surface area contributed by atoms with Gasteiger partial charge in [-0.2, -0.15) is 0 Å². The molecule has 3 unspecified atom stereocenters. The first-order chi connectivity index (χ1) is 13.3. The molecule has 4 nitrogen and oxygen atoms in total. The first-order valence-corrected chi connectivity index (χ1v) is 9.69. The molecule has 0 N–H and O–H groups in total. The standard InChI is InChI=1S/C23H26FNO3/c1-15-12-16(2)14-25(13-15)23(27)17(3)28-21-10-6-19(7-11-21)22(26)18-4-8-20(24)9-5-18/h4-11,15-17H,12-14H2,1-3H3. The molecule has 28 heavy (non-hydrogen) atoms. The predicted octanol–water partition coefficient (Wildman–Crippen LogP) is 4.33. The molecule has 148 valence electrons. The summed E-state index contributed by atoms with van der Waals surface area (Å²) in [6, 6.07) is 12.1. The third kappa shape index (κ3) is 4.77. The molecular weight excluding hydrogens is 357 g/mol. The highest BCUT2D eigenvalue weighted by atomic mass is 19.1. The minimum Gasteiger partial charge on any atom is -0.481 e. The number of hydrogen-bond acceptors (Lipinski definition) is 3. The number of rotatable bonds is 5. The van der Waals surface area contributed by atoms with Gasteiger partial charge in [0.2, 0.25) is 0 Å². The first-order valence-electron chi connectivity index (χ1n) is 9.69. The number of hydrogen-bond donors (Lipinski definition) is 0. The molecule has 0 aliphatic carbocycles. The van der Waals surface area contributed by atoms with Crippen molar-refractivity contribution in [3.8, 4) is 5.75 Å². The van der Waals surface area contributed by atoms with Gasteiger partial charge >= 0.3 is 0 Å². The van der Waals surface area contributed by atoms with E-state index < -0.39 is 6.10 Å². The minimum absolute atomic E-state index is 0.00938. The number of benzene rings is 2. The van der Waals surface area contributed by atoms with E-state index in [2.05, 4.69) is 13.8 Å². The summed E-state index contributed by atoms with van der Waals surface area (Å²) in [5.74, 6) is 0.955. The Hall–Kier alpha value is -2.69. The van der Waals surface area contributed by atoms with Gasteiger partial charge in [0.25, 0.3) is 5.91 Å². The van der Waals surface area contributed by atoms with Gasteiger partial charge in [0.05, 0.1) is 0 Å². The minimum atomic E-state index is -0.587. The van der Waals surface area contributed by atoms with Gasteiger partial charge in [0, 0.05) is 24.2 Å². The molecule has 3 atom stereocenters. The summed E-state index contributed by atoms with van der Waals surface area (Å²) < 4.78 is 18.8. The number of piperidine rings is 1. The number of amides is 1. The van der Waals surface area contributed by atoms with E-state index in [9.17, 15) is 14.0 Å². The monoisotopic (exact) mass is 383 g/mol. The van der Waals surface area contributed by atoms with Crippen LogP contribution in [0, 0.1) is 17.7 Å². The normalized spacial score (nSPS) is 20.5. The van der Waals surface area contributed by atoms with Crippen molar-refractivity contribution in [2.75, 3.05) is 13.1 Å². The highest BCUT2D eigenvalue weighted by Gasteiger charge is 2.29. The molecule has 0 saturated carbocycles. The van der Waals surface area contributed by atoms with Crippen LogP contribution in [-0.2, 0) is 4.79 Å². The Bertz CT molecular complexity index is 822. The van der Waals surface area contributed by atoms with Crippen molar-refractivity contribution < 1.29 is 18.7 Å². The fourth-order valence-electron chi connectivity index (χ4n) is 3.81. The SMILES string of the molecule is CC1CC(C)CN(C(=O)C(C)Oc2ccc(C(=O)c3ccc(F)cc3)cc2)C1. The van der Waals surface area contributed by atoms with Crippen LogP contribution < -0.4 is 4.74 Å². The molecule has 2 aromatic carbocycles. The molecule has 1 aliphatic rings. The lowest BCUT2D eigenvalue weighted by atomic mass is 9.91. The van der Waals surface area contributed by atoms with E-state index in [1.165, 1.54) is 24.3 Å². The van der Waals surface area contributed by atoms with Crippen molar-refractivity contribution >= 4 is 11.7 Å². The van der Waals surface area contributed by atoms with Crippen LogP contribution in [-0.4, -0.2) is 35.8 Å². The van der Waals surface area contributed by atoms with Crippen molar-refractivity contribution in [1.82, 2.24) is 4.90 Å². The van der Waals surface area contributed by atoms with Gasteiger partial charge in [-0.25, -0.2) is 4.39 Å². The summed E-state index contributed by atoms with van der Waals surface area (Å²) >= 11 is 0. The average molecular weight is 383 g/mol. The van der Waals surface area contributed by atoms with Gasteiger partial charge in [-0.05, 0) is 73.7 Å². The van der Waals surface area contributed by atoms with Gasteiger partial charge in [0.15, 0.2) is 11.9 Å². The molecular formula is C23H26FNO3. The summed E-state index contributed by atoms with van der Waals surface area (Å²) in [6.07, 6.45) is 0.555. The zero-order valence-electron chi connectivity index (χ0n) is 16.5. The lowest BCUT2D eigenvalue weighted by Crippen LogP contribution is -2.47. The molecule has 0 aromatic heterocycles. The Morgan fingerprint density at radius 2 is 1.46 bits per heavy atom. The highest BCUT2D eigenvalue weighted by molar-refractivity contribution is 6.09. The van der Waals surface area contributed by atoms with Crippen LogP contribution in [0.3, 0.4) is 0 Å². The van der Waals surface area contributed by atoms with E-state index in [0.717, 1.165) is 19.5 Å². The molecule has 0 spiro atoms. The summed E-state index contributed by atoms with van der Waals surface area (Å²) in [4.78, 5) is 27.0. The third-order valence-electron chi connectivity index (χ3n) is 5.06. The molecule has 0 bridgehead atoms. The van der Waals surface area contributed by atoms with Crippen molar-refractivity contribution in [1.29, 1.82) is 0 Å². The molecule has 1 heterocycles. The van der Waals surface area contributed by atoms with E-state index in [1.54, 1.807) is 31.2 Å². The number of ether oxygens (including phenoxy) is 1. The maximum absolute atomic E-state index is 13.0. The van der Waals surface area contributed by atoms with Crippen molar-refractivity contribution in [2.45, 2.75) is 33.3 Å². The number of carbonyl (C=O) groups excluding carboxylic acids is 2. The number of ketones is 1. The van der Waals surface area contributed by atoms with Crippen LogP contribution in [0.5, 0.6) is 5.75 Å². The molecule has 1 saturated heterocycles. The summed E-state index contributed by atoms with van der Waals surface area (Å²) in [5, 5.41) is 0. The second-order valence-electron chi connectivity index (χ2n) is 7.81. The van der Waals surface area contributed by atoms with Crippen LogP contribution >= 0.6 is 0 Å². The van der Waals surface area contributed by atoms with E-state index in [4.69, 9.17) is 4.74 Å². The van der Waals surface area contributed by atoms with Gasteiger partial charge in [-0.15, -0.1) is 0 Å². The molecule has 3 rings (SSSR count). The fraction of sp³-hybridized carbons (Fsp3) is 0.391. The zero-order valence-corrected chi connectivity index (χ0v) is 16.5. The van der Waals surface area contributed by atoms with Crippen LogP contribution in [0.15, 0.2) is 48.5 Å². The number of halogens is 1. The van der Waals surface area contributed by atoms with Crippen LogP contribution in [0.2, 0.25) is 0 Å². The molecule has 5 heteroatoms. The van der Waals surface area contributed by atoms with Gasteiger partial charge in [-0.3, -0.25) is 9.59 Å². The smallest absolute Gasteiger partial charge is 0.263 e. The quantitative estimate of drug-likeness (QED) is 0.722. The predicted molar refractivity (Wildman–Crippen MR) is 106 cm³/mol. The van der Waals surface area contributed by atoms with Crippen molar-refractivity contribution in [3.05, 3.63) is 65.5 Å². The Balaban J connectivity index is 1.62. The zero-order chi connectivity index (χ0) is 20.3. The van der Waals surface area contributed by atoms with Crippen LogP contribution in [0.1, 0.15) is 43.1 Å². The second-order valence-corrected chi connectivity index (χ2v) is 7.81. The Labute approximate surface area is 165 Å². The summed E-state index contributed by atoms with van der Waals surface area (Å²) in [6.45, 7) is 7.62. The topological polar surface area (TPSA) is 46.6 Å². The van der Waals surface area contributed by atoms with E-state index in [1.807, 2.05) is 4.90 Å². The number of likely N-dealkylation sites (tertiary alicyclic amines) is 1. The largest absolute Gasteiger partial charge is 0.481 e. The number of nitrogens with zero attached hydrogens (tertiary/aromatic N) is 1. The Morgan fingerprint density at radius 1 is 0.964 bits per heavy atom. The van der Waals surface area contributed by atoms with Crippen LogP contribution in [0.4, 0.5) is 4.39 Å². The van der Waals surface area contributed by atoms with E-state index >= 15 is 0 Å². The van der Waals surface area contributed by atoms with Crippen molar-refractivity contribution in [2.24, 2.45) is 11.8 Å². The summed E-state index contributed by atoms with van der Waals surface area (Å²) in [7, 11) is 0. The average Bonchev–Trinajstić information content (AvgIpc) is 2.67.